The van der Waals surface area contributed by atoms with Crippen molar-refractivity contribution in [2.75, 3.05) is 7.11 Å². The van der Waals surface area contributed by atoms with Gasteiger partial charge in [0, 0.05) is 7.11 Å². The molecule has 3 aliphatic carbocycles. The molecule has 0 heterocycles. The van der Waals surface area contributed by atoms with E-state index in [0.717, 1.165) is 31.6 Å². The molecule has 0 radical (unpaired) electrons. The van der Waals surface area contributed by atoms with Gasteiger partial charge in [-0.25, -0.2) is 0 Å². The van der Waals surface area contributed by atoms with Gasteiger partial charge in [-0.2, -0.15) is 0 Å². The van der Waals surface area contributed by atoms with Crippen LogP contribution in [0.2, 0.25) is 0 Å². The molecule has 5 atom stereocenters. The first-order valence-electron chi connectivity index (χ1n) is 7.54. The topological polar surface area (TPSA) is 32.3 Å². The monoisotopic (exact) mass is 274 g/mol. The third kappa shape index (κ3) is 2.26. The fourth-order valence-corrected chi connectivity index (χ4v) is 5.38. The number of hydrogen-bond acceptors (Lipinski definition) is 2. The van der Waals surface area contributed by atoms with Gasteiger partial charge in [0.15, 0.2) is 0 Å². The summed E-state index contributed by atoms with van der Waals surface area (Å²) in [7, 11) is 1.87. The number of methoxy groups -OCH3 is 1. The molecule has 3 saturated carbocycles. The van der Waals surface area contributed by atoms with Crippen molar-refractivity contribution in [2.24, 2.45) is 22.7 Å². The molecule has 0 amide bonds. The number of hydrogen-bond donors (Lipinski definition) is 0. The molecule has 3 heteroatoms. The Morgan fingerprint density at radius 3 is 2.32 bits per heavy atom. The van der Waals surface area contributed by atoms with E-state index in [0.29, 0.717) is 11.3 Å². The maximum Gasteiger partial charge on any atom is 1.00 e. The van der Waals surface area contributed by atoms with Gasteiger partial charge in [0.05, 0.1) is 5.60 Å². The van der Waals surface area contributed by atoms with Crippen LogP contribution >= 0.6 is 0 Å². The van der Waals surface area contributed by atoms with E-state index >= 15 is 0 Å². The molecule has 2 bridgehead atoms. The SMILES string of the molecule is CO[C@@]12CC[C@H]([O-])[C@@](C)(CC[C@@H]3[C@@H]1CC3(C)C)C2.[Na+]. The molecular weight excluding hydrogens is 247 g/mol. The summed E-state index contributed by atoms with van der Waals surface area (Å²) in [6.45, 7) is 7.00. The van der Waals surface area contributed by atoms with E-state index < -0.39 is 0 Å². The predicted octanol–water partition coefficient (Wildman–Crippen LogP) is -0.249. The van der Waals surface area contributed by atoms with E-state index in [9.17, 15) is 5.11 Å². The molecule has 0 spiro atoms. The summed E-state index contributed by atoms with van der Waals surface area (Å²) in [6.07, 6.45) is 6.06. The smallest absolute Gasteiger partial charge is 0.852 e. The van der Waals surface area contributed by atoms with Crippen LogP contribution < -0.4 is 34.7 Å². The molecule has 0 unspecified atom stereocenters. The number of rotatable bonds is 1. The second kappa shape index (κ2) is 4.98. The molecule has 2 nitrogen and oxygen atoms in total. The fourth-order valence-electron chi connectivity index (χ4n) is 5.38. The van der Waals surface area contributed by atoms with Crippen molar-refractivity contribution in [1.82, 2.24) is 0 Å². The zero-order valence-electron chi connectivity index (χ0n) is 13.3. The zero-order valence-corrected chi connectivity index (χ0v) is 15.3. The molecule has 0 aromatic rings. The maximum absolute atomic E-state index is 12.4. The summed E-state index contributed by atoms with van der Waals surface area (Å²) in [5, 5.41) is 12.4. The molecular formula is C16H27NaO2. The van der Waals surface area contributed by atoms with Crippen molar-refractivity contribution >= 4 is 0 Å². The van der Waals surface area contributed by atoms with Gasteiger partial charge in [0.1, 0.15) is 0 Å². The second-order valence-corrected chi connectivity index (χ2v) is 8.07. The summed E-state index contributed by atoms with van der Waals surface area (Å²) < 4.78 is 6.03. The van der Waals surface area contributed by atoms with E-state index in [2.05, 4.69) is 20.8 Å². The number of fused-ring (bicyclic) bond motifs is 4. The molecule has 104 valence electrons. The van der Waals surface area contributed by atoms with Crippen molar-refractivity contribution < 1.29 is 39.4 Å². The van der Waals surface area contributed by atoms with Crippen molar-refractivity contribution in [3.05, 3.63) is 0 Å². The molecule has 3 rings (SSSR count). The molecule has 0 aliphatic heterocycles. The van der Waals surface area contributed by atoms with Crippen LogP contribution in [-0.2, 0) is 4.74 Å². The van der Waals surface area contributed by atoms with Gasteiger partial charge in [0.2, 0.25) is 0 Å². The van der Waals surface area contributed by atoms with E-state index in [1.807, 2.05) is 7.11 Å². The minimum Gasteiger partial charge on any atom is -0.852 e. The van der Waals surface area contributed by atoms with E-state index in [1.165, 1.54) is 12.8 Å². The molecule has 0 saturated heterocycles. The molecule has 19 heavy (non-hydrogen) atoms. The predicted molar refractivity (Wildman–Crippen MR) is 70.1 cm³/mol. The first-order valence-corrected chi connectivity index (χ1v) is 7.54. The van der Waals surface area contributed by atoms with Gasteiger partial charge in [0.25, 0.3) is 0 Å². The van der Waals surface area contributed by atoms with Crippen LogP contribution in [0.5, 0.6) is 0 Å². The first kappa shape index (κ1) is 16.3. The molecule has 0 aromatic carbocycles. The largest absolute Gasteiger partial charge is 1.00 e. The van der Waals surface area contributed by atoms with Crippen LogP contribution in [0.25, 0.3) is 0 Å². The van der Waals surface area contributed by atoms with Crippen molar-refractivity contribution in [2.45, 2.75) is 71.0 Å². The zero-order chi connectivity index (χ0) is 13.2. The molecule has 3 fully saturated rings. The minimum absolute atomic E-state index is 0. The molecule has 0 N–H and O–H groups in total. The van der Waals surface area contributed by atoms with Gasteiger partial charge in [-0.3, -0.25) is 0 Å². The Balaban J connectivity index is 0.00000133. The van der Waals surface area contributed by atoms with Crippen molar-refractivity contribution in [1.29, 1.82) is 0 Å². The standard InChI is InChI=1S/C16H27O2.Na/c1-14(2)9-12-11(14)5-7-15(3)10-16(12,18-4)8-6-13(15)17;/h11-13H,5-10H2,1-4H3;/q-1;+1/t11-,12+,13+,15+,16-;/m1./s1. The summed E-state index contributed by atoms with van der Waals surface area (Å²) in [5.41, 5.74) is 0.455. The summed E-state index contributed by atoms with van der Waals surface area (Å²) in [4.78, 5) is 0. The Labute approximate surface area is 140 Å². The van der Waals surface area contributed by atoms with Crippen LogP contribution in [0.4, 0.5) is 0 Å². The van der Waals surface area contributed by atoms with Gasteiger partial charge < -0.3 is 9.84 Å². The first-order chi connectivity index (χ1) is 8.33. The average molecular weight is 274 g/mol. The van der Waals surface area contributed by atoms with Crippen LogP contribution in [0.15, 0.2) is 0 Å². The van der Waals surface area contributed by atoms with Gasteiger partial charge >= 0.3 is 29.6 Å². The fraction of sp³-hybridized carbons (Fsp3) is 1.00. The van der Waals surface area contributed by atoms with E-state index in [-0.39, 0.29) is 46.7 Å². The Bertz CT molecular complexity index is 357. The summed E-state index contributed by atoms with van der Waals surface area (Å²) in [6, 6.07) is 0. The van der Waals surface area contributed by atoms with E-state index in [1.54, 1.807) is 0 Å². The van der Waals surface area contributed by atoms with Crippen molar-refractivity contribution in [3.8, 4) is 0 Å². The van der Waals surface area contributed by atoms with Crippen LogP contribution in [-0.4, -0.2) is 18.8 Å². The summed E-state index contributed by atoms with van der Waals surface area (Å²) >= 11 is 0. The third-order valence-electron chi connectivity index (χ3n) is 6.65. The van der Waals surface area contributed by atoms with Crippen LogP contribution in [0.3, 0.4) is 0 Å². The average Bonchev–Trinajstić information content (AvgIpc) is 2.39. The van der Waals surface area contributed by atoms with Crippen molar-refractivity contribution in [3.63, 3.8) is 0 Å². The third-order valence-corrected chi connectivity index (χ3v) is 6.65. The maximum atomic E-state index is 12.4. The van der Waals surface area contributed by atoms with Gasteiger partial charge in [-0.1, -0.05) is 27.2 Å². The molecule has 3 aliphatic rings. The van der Waals surface area contributed by atoms with Gasteiger partial charge in [-0.05, 0) is 54.8 Å². The Morgan fingerprint density at radius 2 is 1.74 bits per heavy atom. The van der Waals surface area contributed by atoms with Gasteiger partial charge in [-0.15, -0.1) is 6.10 Å². The summed E-state index contributed by atoms with van der Waals surface area (Å²) in [5.74, 6) is 1.47. The Hall–Kier alpha value is 0.920. The molecule has 0 aromatic heterocycles. The normalized spacial score (nSPS) is 51.3. The second-order valence-electron chi connectivity index (χ2n) is 8.07. The number of ether oxygens (including phenoxy) is 1. The Kier molecular flexibility index (Phi) is 4.27. The van der Waals surface area contributed by atoms with Crippen LogP contribution in [0, 0.1) is 22.7 Å². The quantitative estimate of drug-likeness (QED) is 0.618. The van der Waals surface area contributed by atoms with Crippen LogP contribution in [0.1, 0.15) is 59.3 Å². The Morgan fingerprint density at radius 1 is 1.05 bits per heavy atom. The van der Waals surface area contributed by atoms with E-state index in [4.69, 9.17) is 4.74 Å². The minimum atomic E-state index is -0.374.